The molecule has 0 unspecified atom stereocenters. The third kappa shape index (κ3) is 4.68. The number of para-hydroxylation sites is 4. The van der Waals surface area contributed by atoms with Crippen LogP contribution in [0.25, 0.3) is 82.5 Å². The Labute approximate surface area is 336 Å². The number of anilines is 3. The quantitative estimate of drug-likeness (QED) is 0.175. The van der Waals surface area contributed by atoms with Crippen molar-refractivity contribution in [3.05, 3.63) is 205 Å². The first-order chi connectivity index (χ1) is 28.5. The van der Waals surface area contributed by atoms with Crippen molar-refractivity contribution in [2.24, 2.45) is 0 Å². The third-order valence-electron chi connectivity index (χ3n) is 12.5. The molecular formula is C55H38N2O. The van der Waals surface area contributed by atoms with Crippen LogP contribution in [0, 0.1) is 0 Å². The lowest BCUT2D eigenvalue weighted by molar-refractivity contribution is 0.660. The summed E-state index contributed by atoms with van der Waals surface area (Å²) in [5.74, 6) is 0. The van der Waals surface area contributed by atoms with Crippen LogP contribution < -0.4 is 4.90 Å². The Morgan fingerprint density at radius 3 is 1.79 bits per heavy atom. The zero-order chi connectivity index (χ0) is 38.5. The van der Waals surface area contributed by atoms with Crippen LogP contribution in [0.15, 0.2) is 199 Å². The monoisotopic (exact) mass is 742 g/mol. The fourth-order valence-electron chi connectivity index (χ4n) is 9.96. The number of hydrogen-bond donors (Lipinski definition) is 0. The Bertz CT molecular complexity index is 3380. The summed E-state index contributed by atoms with van der Waals surface area (Å²) < 4.78 is 9.24. The van der Waals surface area contributed by atoms with Crippen molar-refractivity contribution in [1.82, 2.24) is 4.57 Å². The van der Waals surface area contributed by atoms with E-state index in [0.717, 1.165) is 50.1 Å². The first-order valence-corrected chi connectivity index (χ1v) is 20.1. The average molecular weight is 743 g/mol. The molecule has 11 aromatic rings. The van der Waals surface area contributed by atoms with Crippen molar-refractivity contribution in [3.8, 4) is 27.9 Å². The molecule has 12 rings (SSSR count). The largest absolute Gasteiger partial charge is 0.455 e. The normalized spacial score (nSPS) is 13.1. The van der Waals surface area contributed by atoms with Gasteiger partial charge in [-0.3, -0.25) is 0 Å². The molecule has 0 N–H and O–H groups in total. The number of hydrogen-bond acceptors (Lipinski definition) is 2. The number of fused-ring (bicyclic) bond motifs is 10. The van der Waals surface area contributed by atoms with Gasteiger partial charge in [0.05, 0.1) is 22.4 Å². The fraction of sp³-hybridized carbons (Fsp3) is 0.0545. The first kappa shape index (κ1) is 32.8. The minimum atomic E-state index is -0.223. The Kier molecular flexibility index (Phi) is 6.98. The van der Waals surface area contributed by atoms with E-state index < -0.39 is 0 Å². The minimum Gasteiger partial charge on any atom is -0.455 e. The predicted molar refractivity (Wildman–Crippen MR) is 243 cm³/mol. The van der Waals surface area contributed by atoms with Crippen molar-refractivity contribution < 1.29 is 4.42 Å². The molecule has 0 saturated heterocycles. The van der Waals surface area contributed by atoms with Crippen LogP contribution >= 0.6 is 0 Å². The van der Waals surface area contributed by atoms with E-state index in [2.05, 4.69) is 217 Å². The summed E-state index contributed by atoms with van der Waals surface area (Å²) in [5, 5.41) is 7.14. The molecule has 0 amide bonds. The molecular weight excluding hydrogens is 705 g/mol. The smallest absolute Gasteiger partial charge is 0.143 e. The predicted octanol–water partition coefficient (Wildman–Crippen LogP) is 15.3. The molecule has 9 aromatic carbocycles. The van der Waals surface area contributed by atoms with E-state index in [4.69, 9.17) is 4.42 Å². The van der Waals surface area contributed by atoms with E-state index in [1.165, 1.54) is 60.5 Å². The number of nitrogens with zero attached hydrogens (tertiary/aromatic N) is 2. The zero-order valence-corrected chi connectivity index (χ0v) is 32.3. The second kappa shape index (κ2) is 12.3. The minimum absolute atomic E-state index is 0.223. The summed E-state index contributed by atoms with van der Waals surface area (Å²) >= 11 is 0. The summed E-state index contributed by atoms with van der Waals surface area (Å²) in [6, 6.07) is 70.6. The van der Waals surface area contributed by atoms with Gasteiger partial charge in [0.15, 0.2) is 0 Å². The highest BCUT2D eigenvalue weighted by atomic mass is 16.3. The van der Waals surface area contributed by atoms with Crippen molar-refractivity contribution in [3.63, 3.8) is 0 Å². The molecule has 58 heavy (non-hydrogen) atoms. The molecule has 0 fully saturated rings. The van der Waals surface area contributed by atoms with Gasteiger partial charge in [0.1, 0.15) is 11.2 Å². The number of rotatable bonds is 5. The Hall–Kier alpha value is -7.36. The van der Waals surface area contributed by atoms with Crippen LogP contribution in [0.2, 0.25) is 0 Å². The lowest BCUT2D eigenvalue weighted by Crippen LogP contribution is -2.21. The molecule has 0 spiro atoms. The van der Waals surface area contributed by atoms with Crippen LogP contribution in [0.3, 0.4) is 0 Å². The van der Waals surface area contributed by atoms with Gasteiger partial charge in [-0.05, 0) is 93.7 Å². The second-order valence-corrected chi connectivity index (χ2v) is 16.1. The molecule has 3 nitrogen and oxygen atoms in total. The van der Waals surface area contributed by atoms with Crippen molar-refractivity contribution >= 4 is 71.6 Å². The van der Waals surface area contributed by atoms with E-state index >= 15 is 0 Å². The number of aromatic nitrogens is 1. The van der Waals surface area contributed by atoms with Crippen LogP contribution in [-0.2, 0) is 5.41 Å². The lowest BCUT2D eigenvalue weighted by atomic mass is 9.81. The number of furan rings is 1. The first-order valence-electron chi connectivity index (χ1n) is 20.1. The molecule has 2 aromatic heterocycles. The van der Waals surface area contributed by atoms with E-state index in [0.29, 0.717) is 0 Å². The van der Waals surface area contributed by atoms with Crippen molar-refractivity contribution in [1.29, 1.82) is 0 Å². The highest BCUT2D eigenvalue weighted by molar-refractivity contribution is 6.14. The van der Waals surface area contributed by atoms with Crippen LogP contribution in [0.5, 0.6) is 0 Å². The molecule has 3 heteroatoms. The van der Waals surface area contributed by atoms with E-state index in [1.807, 2.05) is 0 Å². The van der Waals surface area contributed by atoms with Crippen LogP contribution in [0.4, 0.5) is 17.1 Å². The highest BCUT2D eigenvalue weighted by Gasteiger charge is 2.39. The second-order valence-electron chi connectivity index (χ2n) is 16.1. The molecule has 0 radical (unpaired) electrons. The zero-order valence-electron chi connectivity index (χ0n) is 32.3. The summed E-state index contributed by atoms with van der Waals surface area (Å²) in [4.78, 5) is 2.48. The van der Waals surface area contributed by atoms with Crippen LogP contribution in [0.1, 0.15) is 25.0 Å². The van der Waals surface area contributed by atoms with E-state index in [1.54, 1.807) is 0 Å². The van der Waals surface area contributed by atoms with Gasteiger partial charge in [-0.1, -0.05) is 147 Å². The maximum Gasteiger partial charge on any atom is 0.143 e. The molecule has 2 heterocycles. The maximum absolute atomic E-state index is 6.85. The van der Waals surface area contributed by atoms with E-state index in [-0.39, 0.29) is 5.41 Å². The molecule has 274 valence electrons. The van der Waals surface area contributed by atoms with Gasteiger partial charge in [0.25, 0.3) is 0 Å². The van der Waals surface area contributed by atoms with Gasteiger partial charge in [0.2, 0.25) is 0 Å². The lowest BCUT2D eigenvalue weighted by Gasteiger charge is -2.33. The Morgan fingerprint density at radius 2 is 1.02 bits per heavy atom. The van der Waals surface area contributed by atoms with Gasteiger partial charge in [-0.2, -0.15) is 0 Å². The SMILES string of the molecule is CC1(C)c2ccccc2-c2cccc(N(c3ccc(-n4c5ccccc5c5ccccc54)cc3)c3ccccc3-c3cccc4c3oc3cc5ccccc5cc34)c21. The Morgan fingerprint density at radius 1 is 0.448 bits per heavy atom. The molecule has 1 aliphatic rings. The van der Waals surface area contributed by atoms with Gasteiger partial charge in [-0.25, -0.2) is 0 Å². The molecule has 0 bridgehead atoms. The van der Waals surface area contributed by atoms with Gasteiger partial charge >= 0.3 is 0 Å². The molecule has 0 aliphatic heterocycles. The van der Waals surface area contributed by atoms with Crippen molar-refractivity contribution in [2.45, 2.75) is 19.3 Å². The Balaban J connectivity index is 1.10. The fourth-order valence-corrected chi connectivity index (χ4v) is 9.96. The summed E-state index contributed by atoms with van der Waals surface area (Å²) in [5.41, 5.74) is 15.9. The molecule has 0 atom stereocenters. The highest BCUT2D eigenvalue weighted by Crippen LogP contribution is 2.55. The molecule has 1 aliphatic carbocycles. The van der Waals surface area contributed by atoms with Crippen molar-refractivity contribution in [2.75, 3.05) is 4.90 Å². The van der Waals surface area contributed by atoms with Gasteiger partial charge < -0.3 is 13.9 Å². The standard InChI is InChI=1S/C55H38N2O/c1-55(2)47-24-9-5-17-39(47)43-21-14-28-51(53(43)55)57(38-31-29-37(30-32-38)56-48-25-10-6-18-40(48)41-19-7-11-26-49(41)56)50-27-12-8-20-42(50)44-22-13-23-45-46-33-35-15-3-4-16-36(35)34-52(46)58-54(44)45/h3-34H,1-2H3. The third-order valence-corrected chi connectivity index (χ3v) is 12.5. The topological polar surface area (TPSA) is 21.3 Å². The average Bonchev–Trinajstić information content (AvgIpc) is 3.89. The summed E-state index contributed by atoms with van der Waals surface area (Å²) in [7, 11) is 0. The summed E-state index contributed by atoms with van der Waals surface area (Å²) in [6.07, 6.45) is 0. The van der Waals surface area contributed by atoms with Gasteiger partial charge in [-0.15, -0.1) is 0 Å². The summed E-state index contributed by atoms with van der Waals surface area (Å²) in [6.45, 7) is 4.74. The van der Waals surface area contributed by atoms with Crippen LogP contribution in [-0.4, -0.2) is 4.57 Å². The number of benzene rings is 9. The maximum atomic E-state index is 6.85. The molecule has 0 saturated carbocycles. The van der Waals surface area contributed by atoms with Gasteiger partial charge in [0, 0.05) is 49.5 Å². The van der Waals surface area contributed by atoms with E-state index in [9.17, 15) is 0 Å².